The number of nitrogens with zero attached hydrogens (tertiary/aromatic N) is 3. The minimum atomic E-state index is -0.276. The van der Waals surface area contributed by atoms with E-state index in [4.69, 9.17) is 26.7 Å². The van der Waals surface area contributed by atoms with Gasteiger partial charge in [0.15, 0.2) is 5.11 Å². The molecule has 3 aromatic carbocycles. The predicted molar refractivity (Wildman–Crippen MR) is 174 cm³/mol. The Balaban J connectivity index is 1.51. The Morgan fingerprint density at radius 2 is 1.79 bits per heavy atom. The molecule has 2 atom stereocenters. The van der Waals surface area contributed by atoms with Gasteiger partial charge in [0, 0.05) is 35.8 Å². The summed E-state index contributed by atoms with van der Waals surface area (Å²) in [6, 6.07) is 28.2. The number of benzene rings is 3. The first-order valence-electron chi connectivity index (χ1n) is 14.1. The van der Waals surface area contributed by atoms with Crippen LogP contribution in [0.2, 0.25) is 0 Å². The molecule has 0 bridgehead atoms. The van der Waals surface area contributed by atoms with Gasteiger partial charge in [-0.05, 0) is 79.5 Å². The Labute approximate surface area is 256 Å². The lowest BCUT2D eigenvalue weighted by Crippen LogP contribution is -2.29. The van der Waals surface area contributed by atoms with Crippen LogP contribution < -0.4 is 20.3 Å². The van der Waals surface area contributed by atoms with Crippen LogP contribution in [0.5, 0.6) is 5.75 Å². The molecule has 0 aliphatic carbocycles. The fraction of sp³-hybridized carbons (Fsp3) is 0.206. The zero-order valence-electron chi connectivity index (χ0n) is 24.5. The molecule has 218 valence electrons. The number of fused-ring (bicyclic) bond motifs is 1. The summed E-state index contributed by atoms with van der Waals surface area (Å²) < 4.78 is 12.9. The lowest BCUT2D eigenvalue weighted by Gasteiger charge is -2.29. The molecule has 0 unspecified atom stereocenters. The van der Waals surface area contributed by atoms with Crippen LogP contribution >= 0.6 is 12.2 Å². The highest BCUT2D eigenvalue weighted by Crippen LogP contribution is 2.45. The molecule has 1 saturated heterocycles. The molecule has 0 radical (unpaired) electrons. The number of methoxy groups -OCH3 is 2. The molecule has 2 N–H and O–H groups in total. The van der Waals surface area contributed by atoms with Gasteiger partial charge in [-0.3, -0.25) is 9.78 Å². The van der Waals surface area contributed by atoms with E-state index in [0.717, 1.165) is 34.0 Å². The largest absolute Gasteiger partial charge is 0.495 e. The van der Waals surface area contributed by atoms with Gasteiger partial charge in [-0.1, -0.05) is 42.5 Å². The average molecular weight is 592 g/mol. The first-order valence-corrected chi connectivity index (χ1v) is 14.5. The highest BCUT2D eigenvalue weighted by atomic mass is 32.1. The molecule has 43 heavy (non-hydrogen) atoms. The summed E-state index contributed by atoms with van der Waals surface area (Å²) in [7, 11) is 3.06. The average Bonchev–Trinajstić information content (AvgIpc) is 3.51. The van der Waals surface area contributed by atoms with Crippen LogP contribution in [0, 0.1) is 13.8 Å². The van der Waals surface area contributed by atoms with Gasteiger partial charge in [-0.25, -0.2) is 0 Å². The summed E-state index contributed by atoms with van der Waals surface area (Å²) >= 11 is 5.99. The van der Waals surface area contributed by atoms with Gasteiger partial charge in [-0.2, -0.15) is 0 Å². The third-order valence-electron chi connectivity index (χ3n) is 7.91. The van der Waals surface area contributed by atoms with Crippen molar-refractivity contribution in [2.24, 2.45) is 0 Å². The normalized spacial score (nSPS) is 16.4. The molecule has 2 aromatic heterocycles. The first kappa shape index (κ1) is 28.4. The number of aryl methyl sites for hydroxylation is 1. The maximum atomic E-state index is 12.5. The van der Waals surface area contributed by atoms with Crippen LogP contribution in [0.15, 0.2) is 91.1 Å². The number of carbonyl (C=O) groups is 1. The van der Waals surface area contributed by atoms with Crippen LogP contribution in [0.3, 0.4) is 0 Å². The Bertz CT molecular complexity index is 1810. The highest BCUT2D eigenvalue weighted by molar-refractivity contribution is 7.80. The number of amides is 1. The van der Waals surface area contributed by atoms with E-state index in [1.54, 1.807) is 13.3 Å². The number of carbonyl (C=O) groups excluding carboxylic acids is 1. The SMILES string of the molecule is COCC(=O)Nc1cc(N2C(=S)N[C@@H](c3ccccn3)[C@@H]2c2cc(C)n(-c3cccc4ccccc34)c2C)ccc1OC. The number of hydrogen-bond donors (Lipinski definition) is 2. The van der Waals surface area contributed by atoms with E-state index in [1.165, 1.54) is 17.9 Å². The van der Waals surface area contributed by atoms with Gasteiger partial charge < -0.3 is 29.6 Å². The Hall–Kier alpha value is -4.73. The fourth-order valence-electron chi connectivity index (χ4n) is 6.07. The first-order chi connectivity index (χ1) is 20.9. The summed E-state index contributed by atoms with van der Waals surface area (Å²) in [5, 5.41) is 9.39. The molecule has 3 heterocycles. The van der Waals surface area contributed by atoms with Crippen molar-refractivity contribution >= 4 is 45.4 Å². The molecule has 1 amide bonds. The number of nitrogens with one attached hydrogen (secondary N) is 2. The van der Waals surface area contributed by atoms with Crippen molar-refractivity contribution in [3.05, 3.63) is 114 Å². The fourth-order valence-corrected chi connectivity index (χ4v) is 6.42. The van der Waals surface area contributed by atoms with E-state index in [-0.39, 0.29) is 24.6 Å². The van der Waals surface area contributed by atoms with Gasteiger partial charge in [0.25, 0.3) is 0 Å². The van der Waals surface area contributed by atoms with Crippen molar-refractivity contribution in [3.8, 4) is 11.4 Å². The van der Waals surface area contributed by atoms with Crippen LogP contribution in [0.25, 0.3) is 16.5 Å². The number of aromatic nitrogens is 2. The molecule has 5 aromatic rings. The molecule has 6 rings (SSSR count). The lowest BCUT2D eigenvalue weighted by molar-refractivity contribution is -0.119. The second-order valence-electron chi connectivity index (χ2n) is 10.5. The van der Waals surface area contributed by atoms with Gasteiger partial charge in [0.2, 0.25) is 5.91 Å². The van der Waals surface area contributed by atoms with Crippen LogP contribution in [0.1, 0.15) is 34.7 Å². The molecule has 0 spiro atoms. The molecule has 1 aliphatic rings. The number of hydrogen-bond acceptors (Lipinski definition) is 5. The van der Waals surface area contributed by atoms with Crippen LogP contribution in [-0.4, -0.2) is 41.4 Å². The molecule has 1 aliphatic heterocycles. The Morgan fingerprint density at radius 3 is 2.56 bits per heavy atom. The Kier molecular flexibility index (Phi) is 7.84. The second kappa shape index (κ2) is 11.9. The van der Waals surface area contributed by atoms with Crippen molar-refractivity contribution in [1.29, 1.82) is 0 Å². The maximum absolute atomic E-state index is 12.5. The van der Waals surface area contributed by atoms with E-state index >= 15 is 0 Å². The van der Waals surface area contributed by atoms with E-state index in [9.17, 15) is 4.79 Å². The lowest BCUT2D eigenvalue weighted by atomic mass is 9.96. The second-order valence-corrected chi connectivity index (χ2v) is 10.9. The number of ether oxygens (including phenoxy) is 2. The Morgan fingerprint density at radius 1 is 1.00 bits per heavy atom. The summed E-state index contributed by atoms with van der Waals surface area (Å²) in [5.74, 6) is 0.264. The van der Waals surface area contributed by atoms with E-state index in [1.807, 2.05) is 36.4 Å². The van der Waals surface area contributed by atoms with Gasteiger partial charge in [-0.15, -0.1) is 0 Å². The molecule has 0 saturated carbocycles. The third-order valence-corrected chi connectivity index (χ3v) is 8.22. The molecule has 1 fully saturated rings. The number of pyridine rings is 1. The van der Waals surface area contributed by atoms with Gasteiger partial charge >= 0.3 is 0 Å². The van der Waals surface area contributed by atoms with Gasteiger partial charge in [0.05, 0.1) is 36.3 Å². The molecular formula is C34H33N5O3S. The van der Waals surface area contributed by atoms with E-state index in [0.29, 0.717) is 16.5 Å². The van der Waals surface area contributed by atoms with Crippen molar-refractivity contribution in [2.45, 2.75) is 25.9 Å². The van der Waals surface area contributed by atoms with Crippen molar-refractivity contribution in [3.63, 3.8) is 0 Å². The van der Waals surface area contributed by atoms with Crippen LogP contribution in [0.4, 0.5) is 11.4 Å². The highest BCUT2D eigenvalue weighted by Gasteiger charge is 2.42. The van der Waals surface area contributed by atoms with Crippen molar-refractivity contribution in [2.75, 3.05) is 31.0 Å². The van der Waals surface area contributed by atoms with E-state index < -0.39 is 0 Å². The van der Waals surface area contributed by atoms with Gasteiger partial charge in [0.1, 0.15) is 12.4 Å². The minimum absolute atomic E-state index is 0.0679. The predicted octanol–water partition coefficient (Wildman–Crippen LogP) is 6.41. The number of anilines is 2. The zero-order valence-corrected chi connectivity index (χ0v) is 25.3. The minimum Gasteiger partial charge on any atom is -0.495 e. The molecular weight excluding hydrogens is 558 g/mol. The summed E-state index contributed by atoms with van der Waals surface area (Å²) in [4.78, 5) is 19.3. The van der Waals surface area contributed by atoms with E-state index in [2.05, 4.69) is 82.5 Å². The third kappa shape index (κ3) is 5.22. The summed E-state index contributed by atoms with van der Waals surface area (Å²) in [6.45, 7) is 4.22. The van der Waals surface area contributed by atoms with Crippen molar-refractivity contribution < 1.29 is 14.3 Å². The van der Waals surface area contributed by atoms with Crippen molar-refractivity contribution in [1.82, 2.24) is 14.9 Å². The topological polar surface area (TPSA) is 80.7 Å². The monoisotopic (exact) mass is 591 g/mol. The number of rotatable bonds is 8. The maximum Gasteiger partial charge on any atom is 0.250 e. The van der Waals surface area contributed by atoms with Crippen LogP contribution in [-0.2, 0) is 9.53 Å². The molecule has 8 nitrogen and oxygen atoms in total. The summed E-state index contributed by atoms with van der Waals surface area (Å²) in [6.07, 6.45) is 1.80. The standard InChI is InChI=1S/C34H33N5O3S/c1-21-18-26(22(2)38(21)29-14-9-11-23-10-5-6-12-25(23)29)33-32(27-13-7-8-17-35-27)37-34(43)39(33)24-15-16-30(42-4)28(19-24)36-31(40)20-41-3/h5-19,32-33H,20H2,1-4H3,(H,36,40)(H,37,43)/t32-,33-/m0/s1. The summed E-state index contributed by atoms with van der Waals surface area (Å²) in [5.41, 5.74) is 6.70. The number of thiocarbonyl (C=S) groups is 1. The molecule has 9 heteroatoms. The quantitative estimate of drug-likeness (QED) is 0.202. The smallest absolute Gasteiger partial charge is 0.250 e. The zero-order chi connectivity index (χ0) is 30.1.